The molecule has 3 heteroatoms. The van der Waals surface area contributed by atoms with Crippen LogP contribution in [0.5, 0.6) is 0 Å². The number of nitriles is 2. The number of rotatable bonds is 2. The van der Waals surface area contributed by atoms with Crippen molar-refractivity contribution in [3.8, 4) is 12.1 Å². The Labute approximate surface area is 92.0 Å². The largest absolute Gasteiger partial charge is 0.197 e. The molecule has 1 aromatic carbocycles. The van der Waals surface area contributed by atoms with Gasteiger partial charge in [0.15, 0.2) is 0 Å². The normalized spacial score (nSPS) is 10.1. The summed E-state index contributed by atoms with van der Waals surface area (Å²) in [5.74, 6) is -0.539. The lowest BCUT2D eigenvalue weighted by atomic mass is 10.0. The Morgan fingerprint density at radius 1 is 1.20 bits per heavy atom. The zero-order valence-electron chi connectivity index (χ0n) is 7.97. The van der Waals surface area contributed by atoms with Crippen LogP contribution in [0.15, 0.2) is 29.6 Å². The summed E-state index contributed by atoms with van der Waals surface area (Å²) in [6, 6.07) is 12.1. The van der Waals surface area contributed by atoms with Gasteiger partial charge in [-0.05, 0) is 22.4 Å². The molecular formula is C12H8N2S. The number of fused-ring (bicyclic) bond motifs is 1. The van der Waals surface area contributed by atoms with Crippen molar-refractivity contribution in [2.24, 2.45) is 5.92 Å². The molecule has 0 atom stereocenters. The van der Waals surface area contributed by atoms with E-state index in [4.69, 9.17) is 10.5 Å². The lowest BCUT2D eigenvalue weighted by Crippen LogP contribution is -1.97. The Morgan fingerprint density at radius 2 is 1.93 bits per heavy atom. The average Bonchev–Trinajstić information content (AvgIpc) is 2.69. The zero-order chi connectivity index (χ0) is 10.7. The van der Waals surface area contributed by atoms with Gasteiger partial charge in [0.1, 0.15) is 5.92 Å². The second kappa shape index (κ2) is 4.13. The molecule has 0 saturated carbocycles. The maximum Gasteiger partial charge on any atom is 0.137 e. The van der Waals surface area contributed by atoms with Crippen molar-refractivity contribution in [3.63, 3.8) is 0 Å². The van der Waals surface area contributed by atoms with E-state index in [-0.39, 0.29) is 0 Å². The molecule has 0 fully saturated rings. The van der Waals surface area contributed by atoms with Gasteiger partial charge < -0.3 is 0 Å². The second-order valence-electron chi connectivity index (χ2n) is 3.27. The third-order valence-corrected chi connectivity index (χ3v) is 3.31. The molecule has 0 bridgehead atoms. The minimum absolute atomic E-state index is 0.525. The van der Waals surface area contributed by atoms with Gasteiger partial charge in [0.2, 0.25) is 0 Å². The highest BCUT2D eigenvalue weighted by molar-refractivity contribution is 7.17. The van der Waals surface area contributed by atoms with Crippen molar-refractivity contribution in [2.75, 3.05) is 0 Å². The van der Waals surface area contributed by atoms with E-state index in [0.29, 0.717) is 6.42 Å². The molecule has 0 spiro atoms. The second-order valence-corrected chi connectivity index (χ2v) is 4.18. The van der Waals surface area contributed by atoms with Crippen LogP contribution in [-0.4, -0.2) is 0 Å². The van der Waals surface area contributed by atoms with E-state index in [1.54, 1.807) is 11.3 Å². The van der Waals surface area contributed by atoms with Gasteiger partial charge in [0.25, 0.3) is 0 Å². The first-order valence-electron chi connectivity index (χ1n) is 4.59. The summed E-state index contributed by atoms with van der Waals surface area (Å²) in [6.07, 6.45) is 0.525. The molecule has 0 amide bonds. The highest BCUT2D eigenvalue weighted by Gasteiger charge is 2.10. The first kappa shape index (κ1) is 9.71. The quantitative estimate of drug-likeness (QED) is 0.767. The summed E-state index contributed by atoms with van der Waals surface area (Å²) in [5.41, 5.74) is 1.10. The first-order chi connectivity index (χ1) is 7.35. The number of hydrogen-bond donors (Lipinski definition) is 0. The molecular weight excluding hydrogens is 204 g/mol. The SMILES string of the molecule is N#CC(C#N)Cc1csc2ccccc12. The van der Waals surface area contributed by atoms with Crippen LogP contribution in [0.2, 0.25) is 0 Å². The van der Waals surface area contributed by atoms with E-state index in [1.165, 1.54) is 4.70 Å². The van der Waals surface area contributed by atoms with Crippen LogP contribution in [0.3, 0.4) is 0 Å². The minimum atomic E-state index is -0.539. The number of nitrogens with zero attached hydrogens (tertiary/aromatic N) is 2. The molecule has 2 nitrogen and oxygen atoms in total. The van der Waals surface area contributed by atoms with E-state index in [1.807, 2.05) is 35.7 Å². The van der Waals surface area contributed by atoms with Gasteiger partial charge in [-0.15, -0.1) is 11.3 Å². The standard InChI is InChI=1S/C12H8N2S/c13-6-9(7-14)5-10-8-15-12-4-2-1-3-11(10)12/h1-4,8-9H,5H2. The topological polar surface area (TPSA) is 47.6 Å². The lowest BCUT2D eigenvalue weighted by molar-refractivity contribution is 0.842. The molecule has 1 aromatic heterocycles. The van der Waals surface area contributed by atoms with Crippen LogP contribution in [0.25, 0.3) is 10.1 Å². The van der Waals surface area contributed by atoms with Gasteiger partial charge in [-0.3, -0.25) is 0 Å². The van der Waals surface area contributed by atoms with E-state index in [2.05, 4.69) is 6.07 Å². The van der Waals surface area contributed by atoms with Crippen LogP contribution < -0.4 is 0 Å². The molecule has 72 valence electrons. The number of benzene rings is 1. The van der Waals surface area contributed by atoms with Gasteiger partial charge in [-0.1, -0.05) is 18.2 Å². The predicted molar refractivity (Wildman–Crippen MR) is 60.2 cm³/mol. The molecule has 1 heterocycles. The minimum Gasteiger partial charge on any atom is -0.197 e. The van der Waals surface area contributed by atoms with Crippen LogP contribution in [0, 0.1) is 28.6 Å². The van der Waals surface area contributed by atoms with Gasteiger partial charge in [-0.2, -0.15) is 10.5 Å². The molecule has 0 N–H and O–H groups in total. The molecule has 15 heavy (non-hydrogen) atoms. The molecule has 0 aliphatic rings. The Bertz CT molecular complexity index is 543. The third-order valence-electron chi connectivity index (χ3n) is 2.30. The van der Waals surface area contributed by atoms with Crippen LogP contribution in [0.4, 0.5) is 0 Å². The van der Waals surface area contributed by atoms with Gasteiger partial charge in [0.05, 0.1) is 12.1 Å². The summed E-state index contributed by atoms with van der Waals surface area (Å²) >= 11 is 1.66. The monoisotopic (exact) mass is 212 g/mol. The summed E-state index contributed by atoms with van der Waals surface area (Å²) in [4.78, 5) is 0. The fraction of sp³-hybridized carbons (Fsp3) is 0.167. The van der Waals surface area contributed by atoms with Gasteiger partial charge in [0, 0.05) is 11.1 Å². The Kier molecular flexibility index (Phi) is 2.67. The molecule has 2 rings (SSSR count). The maximum absolute atomic E-state index is 8.73. The first-order valence-corrected chi connectivity index (χ1v) is 5.47. The van der Waals surface area contributed by atoms with Crippen LogP contribution in [0.1, 0.15) is 5.56 Å². The summed E-state index contributed by atoms with van der Waals surface area (Å²) < 4.78 is 1.21. The van der Waals surface area contributed by atoms with Gasteiger partial charge >= 0.3 is 0 Å². The fourth-order valence-corrected chi connectivity index (χ4v) is 2.51. The third kappa shape index (κ3) is 1.83. The maximum atomic E-state index is 8.73. The van der Waals surface area contributed by atoms with Crippen molar-refractivity contribution >= 4 is 21.4 Å². The summed E-state index contributed by atoms with van der Waals surface area (Å²) in [5, 5.41) is 20.7. The van der Waals surface area contributed by atoms with Crippen molar-refractivity contribution in [1.82, 2.24) is 0 Å². The van der Waals surface area contributed by atoms with Crippen molar-refractivity contribution in [3.05, 3.63) is 35.2 Å². The number of thiophene rings is 1. The summed E-state index contributed by atoms with van der Waals surface area (Å²) in [7, 11) is 0. The molecule has 0 aliphatic carbocycles. The van der Waals surface area contributed by atoms with Crippen molar-refractivity contribution in [2.45, 2.75) is 6.42 Å². The molecule has 0 unspecified atom stereocenters. The van der Waals surface area contributed by atoms with Crippen molar-refractivity contribution in [1.29, 1.82) is 10.5 Å². The Hall–Kier alpha value is -1.84. The molecule has 2 aromatic rings. The predicted octanol–water partition coefficient (Wildman–Crippen LogP) is 3.11. The molecule has 0 saturated heterocycles. The zero-order valence-corrected chi connectivity index (χ0v) is 8.79. The van der Waals surface area contributed by atoms with Crippen LogP contribution >= 0.6 is 11.3 Å². The Balaban J connectivity index is 2.38. The molecule has 0 radical (unpaired) electrons. The summed E-state index contributed by atoms with van der Waals surface area (Å²) in [6.45, 7) is 0. The lowest BCUT2D eigenvalue weighted by Gasteiger charge is -1.98. The van der Waals surface area contributed by atoms with E-state index in [0.717, 1.165) is 10.9 Å². The van der Waals surface area contributed by atoms with Crippen LogP contribution in [-0.2, 0) is 6.42 Å². The van der Waals surface area contributed by atoms with E-state index in [9.17, 15) is 0 Å². The molecule has 0 aliphatic heterocycles. The Morgan fingerprint density at radius 3 is 2.67 bits per heavy atom. The smallest absolute Gasteiger partial charge is 0.137 e. The van der Waals surface area contributed by atoms with E-state index >= 15 is 0 Å². The van der Waals surface area contributed by atoms with Gasteiger partial charge in [-0.25, -0.2) is 0 Å². The van der Waals surface area contributed by atoms with Crippen molar-refractivity contribution < 1.29 is 0 Å². The highest BCUT2D eigenvalue weighted by atomic mass is 32.1. The highest BCUT2D eigenvalue weighted by Crippen LogP contribution is 2.27. The average molecular weight is 212 g/mol. The fourth-order valence-electron chi connectivity index (χ4n) is 1.53. The van der Waals surface area contributed by atoms with E-state index < -0.39 is 5.92 Å². The number of hydrogen-bond acceptors (Lipinski definition) is 3.